The third-order valence-corrected chi connectivity index (χ3v) is 7.53. The van der Waals surface area contributed by atoms with Crippen molar-refractivity contribution in [1.29, 1.82) is 5.26 Å². The van der Waals surface area contributed by atoms with E-state index in [-0.39, 0.29) is 5.41 Å². The molecule has 4 aliphatic carbocycles. The zero-order valence-electron chi connectivity index (χ0n) is 18.3. The van der Waals surface area contributed by atoms with Gasteiger partial charge in [0.25, 0.3) is 0 Å². The molecule has 0 saturated heterocycles. The lowest BCUT2D eigenvalue weighted by molar-refractivity contribution is -0.0591. The molecule has 7 heteroatoms. The average Bonchev–Trinajstić information content (AvgIpc) is 2.76. The van der Waals surface area contributed by atoms with Crippen LogP contribution in [0.3, 0.4) is 0 Å². The summed E-state index contributed by atoms with van der Waals surface area (Å²) < 4.78 is 0. The topological polar surface area (TPSA) is 126 Å². The van der Waals surface area contributed by atoms with Gasteiger partial charge in [0.1, 0.15) is 17.5 Å². The van der Waals surface area contributed by atoms with Crippen molar-refractivity contribution in [2.75, 3.05) is 23.7 Å². The summed E-state index contributed by atoms with van der Waals surface area (Å²) in [6, 6.07) is 2.59. The first-order chi connectivity index (χ1) is 15.0. The highest BCUT2D eigenvalue weighted by Gasteiger charge is 2.54. The Balaban J connectivity index is 1.45. The number of nitriles is 1. The van der Waals surface area contributed by atoms with Crippen LogP contribution < -0.4 is 22.1 Å². The first-order valence-electron chi connectivity index (χ1n) is 11.2. The third kappa shape index (κ3) is 4.31. The summed E-state index contributed by atoms with van der Waals surface area (Å²) in [6.45, 7) is 7.03. The van der Waals surface area contributed by atoms with Crippen molar-refractivity contribution in [2.45, 2.75) is 45.1 Å². The smallest absolute Gasteiger partial charge is 0.224 e. The van der Waals surface area contributed by atoms with Crippen LogP contribution in [0.15, 0.2) is 42.3 Å². The van der Waals surface area contributed by atoms with E-state index in [9.17, 15) is 5.26 Å². The standard InChI is InChI=1S/C24H33N7/c1-3-4-15(2)19(10-25)12-28-23-29-13-20(11-26)22(31-23)30-14-24-7-16-5-17(8-24)21(27)18(6-16)9-24/h3-4,10,13,16-18,21H,1,5-9,12,14,25,27H2,2H3,(H2,28,29,30,31)/b15-4-,19-10-/t16?,17-,18+,21-,24-. The zero-order chi connectivity index (χ0) is 22.0. The first kappa shape index (κ1) is 21.4. The van der Waals surface area contributed by atoms with Gasteiger partial charge in [0, 0.05) is 19.1 Å². The molecule has 6 N–H and O–H groups in total. The molecule has 1 aromatic rings. The van der Waals surface area contributed by atoms with Crippen LogP contribution in [0.1, 0.15) is 44.6 Å². The van der Waals surface area contributed by atoms with Crippen molar-refractivity contribution in [3.63, 3.8) is 0 Å². The summed E-state index contributed by atoms with van der Waals surface area (Å²) in [6.07, 6.45) is 13.0. The minimum Gasteiger partial charge on any atom is -0.404 e. The summed E-state index contributed by atoms with van der Waals surface area (Å²) in [5.41, 5.74) is 15.0. The molecule has 7 nitrogen and oxygen atoms in total. The van der Waals surface area contributed by atoms with Gasteiger partial charge in [-0.05, 0) is 79.5 Å². The fourth-order valence-electron chi connectivity index (χ4n) is 6.19. The van der Waals surface area contributed by atoms with Gasteiger partial charge in [0.2, 0.25) is 5.95 Å². The van der Waals surface area contributed by atoms with Crippen molar-refractivity contribution in [1.82, 2.24) is 9.97 Å². The summed E-state index contributed by atoms with van der Waals surface area (Å²) in [4.78, 5) is 8.90. The van der Waals surface area contributed by atoms with Crippen LogP contribution in [0, 0.1) is 34.5 Å². The third-order valence-electron chi connectivity index (χ3n) is 7.53. The van der Waals surface area contributed by atoms with E-state index in [4.69, 9.17) is 11.5 Å². The number of hydrogen-bond acceptors (Lipinski definition) is 7. The van der Waals surface area contributed by atoms with Crippen molar-refractivity contribution >= 4 is 11.8 Å². The lowest BCUT2D eigenvalue weighted by atomic mass is 9.48. The minimum atomic E-state index is 0.277. The van der Waals surface area contributed by atoms with E-state index in [2.05, 4.69) is 33.2 Å². The molecule has 0 amide bonds. The molecule has 0 aromatic carbocycles. The van der Waals surface area contributed by atoms with E-state index >= 15 is 0 Å². The van der Waals surface area contributed by atoms with Crippen LogP contribution in [-0.2, 0) is 0 Å². The van der Waals surface area contributed by atoms with Crippen LogP contribution in [-0.4, -0.2) is 29.1 Å². The molecule has 0 radical (unpaired) electrons. The Kier molecular flexibility index (Phi) is 6.01. The minimum absolute atomic E-state index is 0.277. The molecule has 5 atom stereocenters. The molecule has 5 rings (SSSR count). The van der Waals surface area contributed by atoms with Crippen LogP contribution in [0.25, 0.3) is 0 Å². The van der Waals surface area contributed by atoms with Crippen molar-refractivity contribution < 1.29 is 0 Å². The molecule has 164 valence electrons. The average molecular weight is 420 g/mol. The van der Waals surface area contributed by atoms with E-state index in [1.807, 2.05) is 13.0 Å². The fraction of sp³-hybridized carbons (Fsp3) is 0.542. The number of nitrogens with one attached hydrogen (secondary N) is 2. The molecule has 4 saturated carbocycles. The summed E-state index contributed by atoms with van der Waals surface area (Å²) in [7, 11) is 0. The second-order valence-electron chi connectivity index (χ2n) is 9.60. The number of hydrogen-bond donors (Lipinski definition) is 4. The van der Waals surface area contributed by atoms with Crippen molar-refractivity contribution in [3.8, 4) is 6.07 Å². The Morgan fingerprint density at radius 1 is 1.32 bits per heavy atom. The van der Waals surface area contributed by atoms with Gasteiger partial charge in [0.15, 0.2) is 0 Å². The van der Waals surface area contributed by atoms with Crippen molar-refractivity contribution in [3.05, 3.63) is 47.8 Å². The van der Waals surface area contributed by atoms with E-state index in [0.29, 0.717) is 41.8 Å². The van der Waals surface area contributed by atoms with Gasteiger partial charge in [-0.2, -0.15) is 10.2 Å². The Labute approximate surface area is 184 Å². The van der Waals surface area contributed by atoms with Gasteiger partial charge in [-0.3, -0.25) is 0 Å². The number of nitrogens with zero attached hydrogens (tertiary/aromatic N) is 3. The highest BCUT2D eigenvalue weighted by molar-refractivity contribution is 5.54. The highest BCUT2D eigenvalue weighted by atomic mass is 15.1. The fourth-order valence-corrected chi connectivity index (χ4v) is 6.19. The van der Waals surface area contributed by atoms with Crippen LogP contribution in [0.5, 0.6) is 0 Å². The Morgan fingerprint density at radius 3 is 2.71 bits per heavy atom. The van der Waals surface area contributed by atoms with Crippen LogP contribution in [0.4, 0.5) is 11.8 Å². The maximum Gasteiger partial charge on any atom is 0.224 e. The molecular formula is C24H33N7. The lowest BCUT2D eigenvalue weighted by Gasteiger charge is -2.59. The monoisotopic (exact) mass is 419 g/mol. The predicted octanol–water partition coefficient (Wildman–Crippen LogP) is 3.30. The van der Waals surface area contributed by atoms with Gasteiger partial charge in [0.05, 0.1) is 6.20 Å². The molecule has 1 heterocycles. The summed E-state index contributed by atoms with van der Waals surface area (Å²) >= 11 is 0. The van der Waals surface area contributed by atoms with Gasteiger partial charge in [-0.15, -0.1) is 0 Å². The second-order valence-corrected chi connectivity index (χ2v) is 9.60. The van der Waals surface area contributed by atoms with Gasteiger partial charge >= 0.3 is 0 Å². The number of nitrogens with two attached hydrogens (primary N) is 2. The largest absolute Gasteiger partial charge is 0.404 e. The molecule has 4 fully saturated rings. The van der Waals surface area contributed by atoms with Crippen LogP contribution >= 0.6 is 0 Å². The Morgan fingerprint density at radius 2 is 2.06 bits per heavy atom. The molecule has 4 bridgehead atoms. The molecule has 31 heavy (non-hydrogen) atoms. The number of rotatable bonds is 8. The van der Waals surface area contributed by atoms with E-state index in [1.165, 1.54) is 32.1 Å². The van der Waals surface area contributed by atoms with Crippen LogP contribution in [0.2, 0.25) is 0 Å². The normalized spacial score (nSPS) is 31.9. The molecule has 0 spiro atoms. The maximum absolute atomic E-state index is 9.54. The predicted molar refractivity (Wildman–Crippen MR) is 124 cm³/mol. The quantitative estimate of drug-likeness (QED) is 0.476. The molecule has 4 aliphatic rings. The molecule has 0 aliphatic heterocycles. The Bertz CT molecular complexity index is 926. The summed E-state index contributed by atoms with van der Waals surface area (Å²) in [5, 5.41) is 16.3. The van der Waals surface area contributed by atoms with E-state index in [1.54, 1.807) is 18.5 Å². The van der Waals surface area contributed by atoms with Crippen molar-refractivity contribution in [2.24, 2.45) is 34.6 Å². The molecular weight excluding hydrogens is 386 g/mol. The highest BCUT2D eigenvalue weighted by Crippen LogP contribution is 2.59. The van der Waals surface area contributed by atoms with E-state index in [0.717, 1.165) is 23.6 Å². The van der Waals surface area contributed by atoms with Gasteiger partial charge < -0.3 is 22.1 Å². The second kappa shape index (κ2) is 8.72. The Hall–Kier alpha value is -2.85. The SMILES string of the molecule is C=C/C=C(C)\C(=C/N)CNc1ncc(C#N)c(NC[C@]23CC4C[C@H](C2)[C@@H](N)[C@@H](C4)C3)n1. The van der Waals surface area contributed by atoms with E-state index < -0.39 is 0 Å². The van der Waals surface area contributed by atoms with Gasteiger partial charge in [-0.25, -0.2) is 4.98 Å². The number of aromatic nitrogens is 2. The number of anilines is 2. The zero-order valence-corrected chi connectivity index (χ0v) is 18.3. The lowest BCUT2D eigenvalue weighted by Crippen LogP contribution is -2.58. The van der Waals surface area contributed by atoms with Gasteiger partial charge in [-0.1, -0.05) is 18.7 Å². The number of allylic oxidation sites excluding steroid dienone is 2. The molecule has 1 aromatic heterocycles. The summed E-state index contributed by atoms with van der Waals surface area (Å²) in [5.74, 6) is 3.18. The molecule has 1 unspecified atom stereocenters. The maximum atomic E-state index is 9.54. The first-order valence-corrected chi connectivity index (χ1v) is 11.2.